The maximum atomic E-state index is 11.6. The Labute approximate surface area is 157 Å². The van der Waals surface area contributed by atoms with Gasteiger partial charge in [0.15, 0.2) is 0 Å². The van der Waals surface area contributed by atoms with Crippen LogP contribution in [0.5, 0.6) is 0 Å². The van der Waals surface area contributed by atoms with E-state index in [2.05, 4.69) is 27.2 Å². The molecule has 3 aromatic rings. The van der Waals surface area contributed by atoms with Crippen LogP contribution in [0.3, 0.4) is 0 Å². The van der Waals surface area contributed by atoms with Crippen molar-refractivity contribution in [3.05, 3.63) is 53.4 Å². The van der Waals surface area contributed by atoms with E-state index >= 15 is 0 Å². The zero-order valence-corrected chi connectivity index (χ0v) is 15.3. The molecule has 2 aromatic carbocycles. The molecule has 0 radical (unpaired) electrons. The van der Waals surface area contributed by atoms with Crippen molar-refractivity contribution in [3.8, 4) is 22.6 Å². The molecular formula is C21H20N4O2. The second-order valence-corrected chi connectivity index (χ2v) is 6.82. The smallest absolute Gasteiger partial charge is 0.344 e. The fourth-order valence-corrected chi connectivity index (χ4v) is 3.10. The summed E-state index contributed by atoms with van der Waals surface area (Å²) in [6.07, 6.45) is 2.25. The molecule has 27 heavy (non-hydrogen) atoms. The standard InChI is InChI=1S/C21H20N4O2/c1-12-7-8-15(11-18(12)23-21(26)22-3)16-5-4-6-17(13(16)2)20-25-24-19(27-20)14-9-10-14/h4-8,11,14H,3,9-10H2,1-2H3,(H,23,26). The number of carbonyl (C=O) groups excluding carboxylic acids is 1. The van der Waals surface area contributed by atoms with Gasteiger partial charge >= 0.3 is 6.03 Å². The molecule has 0 saturated heterocycles. The lowest BCUT2D eigenvalue weighted by atomic mass is 9.95. The summed E-state index contributed by atoms with van der Waals surface area (Å²) in [4.78, 5) is 15.0. The summed E-state index contributed by atoms with van der Waals surface area (Å²) in [5, 5.41) is 11.2. The molecule has 0 unspecified atom stereocenters. The van der Waals surface area contributed by atoms with Crippen LogP contribution in [-0.2, 0) is 0 Å². The Balaban J connectivity index is 1.72. The van der Waals surface area contributed by atoms with E-state index in [9.17, 15) is 4.79 Å². The van der Waals surface area contributed by atoms with Gasteiger partial charge in [-0.15, -0.1) is 10.2 Å². The van der Waals surface area contributed by atoms with Gasteiger partial charge in [-0.25, -0.2) is 9.79 Å². The van der Waals surface area contributed by atoms with Crippen LogP contribution in [0.25, 0.3) is 22.6 Å². The highest BCUT2D eigenvalue weighted by Gasteiger charge is 2.29. The van der Waals surface area contributed by atoms with Gasteiger partial charge in [0.05, 0.1) is 0 Å². The van der Waals surface area contributed by atoms with Crippen molar-refractivity contribution < 1.29 is 9.21 Å². The zero-order valence-electron chi connectivity index (χ0n) is 15.3. The molecule has 1 aliphatic rings. The first-order chi connectivity index (χ1) is 13.1. The van der Waals surface area contributed by atoms with Gasteiger partial charge in [-0.3, -0.25) is 0 Å². The van der Waals surface area contributed by atoms with Crippen molar-refractivity contribution >= 4 is 18.4 Å². The fourth-order valence-electron chi connectivity index (χ4n) is 3.10. The Morgan fingerprint density at radius 3 is 2.70 bits per heavy atom. The van der Waals surface area contributed by atoms with Crippen LogP contribution in [0.15, 0.2) is 45.8 Å². The third-order valence-corrected chi connectivity index (χ3v) is 4.87. The van der Waals surface area contributed by atoms with Gasteiger partial charge in [-0.2, -0.15) is 0 Å². The molecule has 4 rings (SSSR count). The Morgan fingerprint density at radius 1 is 1.19 bits per heavy atom. The number of hydrogen-bond donors (Lipinski definition) is 1. The summed E-state index contributed by atoms with van der Waals surface area (Å²) >= 11 is 0. The minimum absolute atomic E-state index is 0.427. The third-order valence-electron chi connectivity index (χ3n) is 4.87. The minimum atomic E-state index is -0.473. The van der Waals surface area contributed by atoms with Crippen molar-refractivity contribution in [2.24, 2.45) is 4.99 Å². The highest BCUT2D eigenvalue weighted by Crippen LogP contribution is 2.40. The van der Waals surface area contributed by atoms with Gasteiger partial charge in [0.25, 0.3) is 0 Å². The molecule has 0 atom stereocenters. The number of carbonyl (C=O) groups is 1. The Hall–Kier alpha value is -3.28. The molecule has 1 saturated carbocycles. The van der Waals surface area contributed by atoms with Crippen LogP contribution in [0.1, 0.15) is 35.8 Å². The number of aliphatic imine (C=N–C) groups is 1. The maximum absolute atomic E-state index is 11.6. The highest BCUT2D eigenvalue weighted by atomic mass is 16.4. The molecule has 6 nitrogen and oxygen atoms in total. The average Bonchev–Trinajstić information content (AvgIpc) is 3.41. The van der Waals surface area contributed by atoms with Crippen molar-refractivity contribution in [3.63, 3.8) is 0 Å². The van der Waals surface area contributed by atoms with Crippen LogP contribution >= 0.6 is 0 Å². The molecular weight excluding hydrogens is 340 g/mol. The monoisotopic (exact) mass is 360 g/mol. The number of anilines is 1. The second-order valence-electron chi connectivity index (χ2n) is 6.82. The molecule has 0 aliphatic heterocycles. The zero-order chi connectivity index (χ0) is 19.0. The van der Waals surface area contributed by atoms with Crippen LogP contribution < -0.4 is 5.32 Å². The van der Waals surface area contributed by atoms with Crippen LogP contribution in [0, 0.1) is 13.8 Å². The molecule has 2 amide bonds. The summed E-state index contributed by atoms with van der Waals surface area (Å²) in [6, 6.07) is 11.5. The molecule has 1 N–H and O–H groups in total. The summed E-state index contributed by atoms with van der Waals surface area (Å²) in [6.45, 7) is 7.23. The van der Waals surface area contributed by atoms with Crippen molar-refractivity contribution in [1.82, 2.24) is 10.2 Å². The van der Waals surface area contributed by atoms with Gasteiger partial charge in [0, 0.05) is 17.2 Å². The lowest BCUT2D eigenvalue weighted by Crippen LogP contribution is -2.06. The maximum Gasteiger partial charge on any atom is 0.344 e. The minimum Gasteiger partial charge on any atom is -0.420 e. The van der Waals surface area contributed by atoms with E-state index in [1.165, 1.54) is 0 Å². The fraction of sp³-hybridized carbons (Fsp3) is 0.238. The second kappa shape index (κ2) is 6.79. The van der Waals surface area contributed by atoms with E-state index in [1.54, 1.807) is 0 Å². The summed E-state index contributed by atoms with van der Waals surface area (Å²) < 4.78 is 5.88. The van der Waals surface area contributed by atoms with Gasteiger partial charge in [0.2, 0.25) is 11.8 Å². The van der Waals surface area contributed by atoms with Crippen molar-refractivity contribution in [2.45, 2.75) is 32.6 Å². The first-order valence-corrected chi connectivity index (χ1v) is 8.89. The highest BCUT2D eigenvalue weighted by molar-refractivity contribution is 5.93. The topological polar surface area (TPSA) is 80.4 Å². The molecule has 0 spiro atoms. The lowest BCUT2D eigenvalue weighted by molar-refractivity contribution is 0.260. The lowest BCUT2D eigenvalue weighted by Gasteiger charge is -2.12. The number of urea groups is 1. The van der Waals surface area contributed by atoms with Gasteiger partial charge in [-0.1, -0.05) is 24.3 Å². The van der Waals surface area contributed by atoms with E-state index in [0.717, 1.165) is 46.5 Å². The van der Waals surface area contributed by atoms with E-state index in [4.69, 9.17) is 4.42 Å². The predicted octanol–water partition coefficient (Wildman–Crippen LogP) is 5.13. The average molecular weight is 360 g/mol. The molecule has 136 valence electrons. The number of rotatable bonds is 4. The van der Waals surface area contributed by atoms with Crippen molar-refractivity contribution in [2.75, 3.05) is 5.32 Å². The summed E-state index contributed by atoms with van der Waals surface area (Å²) in [5.41, 5.74) is 5.67. The number of nitrogens with zero attached hydrogens (tertiary/aromatic N) is 3. The first kappa shape index (κ1) is 17.1. The molecule has 1 aromatic heterocycles. The Kier molecular flexibility index (Phi) is 4.32. The molecule has 1 aliphatic carbocycles. The molecule has 1 heterocycles. The van der Waals surface area contributed by atoms with E-state index in [-0.39, 0.29) is 0 Å². The predicted molar refractivity (Wildman–Crippen MR) is 105 cm³/mol. The normalized spacial score (nSPS) is 13.4. The first-order valence-electron chi connectivity index (χ1n) is 8.89. The van der Waals surface area contributed by atoms with E-state index in [0.29, 0.717) is 17.5 Å². The third kappa shape index (κ3) is 3.38. The van der Waals surface area contributed by atoms with E-state index < -0.39 is 6.03 Å². The Morgan fingerprint density at radius 2 is 1.96 bits per heavy atom. The van der Waals surface area contributed by atoms with Crippen LogP contribution in [0.2, 0.25) is 0 Å². The number of hydrogen-bond acceptors (Lipinski definition) is 4. The number of amides is 2. The van der Waals surface area contributed by atoms with Crippen molar-refractivity contribution in [1.29, 1.82) is 0 Å². The van der Waals surface area contributed by atoms with Gasteiger partial charge in [-0.05, 0) is 67.8 Å². The van der Waals surface area contributed by atoms with Gasteiger partial charge in [0.1, 0.15) is 0 Å². The molecule has 0 bridgehead atoms. The largest absolute Gasteiger partial charge is 0.420 e. The summed E-state index contributed by atoms with van der Waals surface area (Å²) in [7, 11) is 0. The number of aromatic nitrogens is 2. The van der Waals surface area contributed by atoms with Crippen LogP contribution in [0.4, 0.5) is 10.5 Å². The Bertz CT molecular complexity index is 1030. The molecule has 1 fully saturated rings. The number of aryl methyl sites for hydroxylation is 1. The number of benzene rings is 2. The van der Waals surface area contributed by atoms with Crippen LogP contribution in [-0.4, -0.2) is 22.9 Å². The SMILES string of the molecule is C=NC(=O)Nc1cc(-c2cccc(-c3nnc(C4CC4)o3)c2C)ccc1C. The quantitative estimate of drug-likeness (QED) is 0.654. The number of nitrogens with one attached hydrogen (secondary N) is 1. The van der Waals surface area contributed by atoms with Gasteiger partial charge < -0.3 is 9.73 Å². The molecule has 6 heteroatoms. The van der Waals surface area contributed by atoms with E-state index in [1.807, 2.05) is 50.2 Å². The summed E-state index contributed by atoms with van der Waals surface area (Å²) in [5.74, 6) is 1.70.